The molecule has 1 N–H and O–H groups in total. The van der Waals surface area contributed by atoms with Gasteiger partial charge in [-0.25, -0.2) is 0 Å². The minimum atomic E-state index is -0.458. The van der Waals surface area contributed by atoms with Gasteiger partial charge in [0.2, 0.25) is 6.79 Å². The lowest BCUT2D eigenvalue weighted by Crippen LogP contribution is -2.40. The van der Waals surface area contributed by atoms with Gasteiger partial charge in [0, 0.05) is 32.2 Å². The predicted octanol–water partition coefficient (Wildman–Crippen LogP) is 2.77. The number of hydrogen-bond donors (Lipinski definition) is 1. The van der Waals surface area contributed by atoms with E-state index in [-0.39, 0.29) is 42.7 Å². The third-order valence-corrected chi connectivity index (χ3v) is 4.35. The summed E-state index contributed by atoms with van der Waals surface area (Å²) in [6, 6.07) is 5.84. The van der Waals surface area contributed by atoms with E-state index < -0.39 is 5.60 Å². The maximum absolute atomic E-state index is 12.3. The maximum atomic E-state index is 12.3. The van der Waals surface area contributed by atoms with Crippen molar-refractivity contribution in [1.82, 2.24) is 10.2 Å². The van der Waals surface area contributed by atoms with E-state index in [9.17, 15) is 4.79 Å². The average molecular weight is 489 g/mol. The Morgan fingerprint density at radius 1 is 1.37 bits per heavy atom. The van der Waals surface area contributed by atoms with Crippen LogP contribution in [-0.4, -0.2) is 49.4 Å². The zero-order valence-electron chi connectivity index (χ0n) is 16.3. The van der Waals surface area contributed by atoms with E-state index in [1.807, 2.05) is 39.0 Å². The van der Waals surface area contributed by atoms with Crippen molar-refractivity contribution in [3.63, 3.8) is 0 Å². The van der Waals surface area contributed by atoms with E-state index in [1.165, 1.54) is 0 Å². The number of likely N-dealkylation sites (tertiary alicyclic amines) is 1. The number of aliphatic imine (C=N–C) groups is 1. The van der Waals surface area contributed by atoms with Gasteiger partial charge in [-0.05, 0) is 33.3 Å². The number of benzene rings is 1. The smallest absolute Gasteiger partial charge is 0.311 e. The topological polar surface area (TPSA) is 72.4 Å². The number of fused-ring (bicyclic) bond motifs is 1. The summed E-state index contributed by atoms with van der Waals surface area (Å²) in [5.41, 5.74) is 0.559. The largest absolute Gasteiger partial charge is 0.460 e. The highest BCUT2D eigenvalue weighted by Gasteiger charge is 2.33. The molecule has 2 aliphatic heterocycles. The maximum Gasteiger partial charge on any atom is 0.311 e. The number of nitrogens with one attached hydrogen (secondary N) is 1. The molecule has 1 unspecified atom stereocenters. The Bertz CT molecular complexity index is 703. The Hall–Kier alpha value is -1.71. The van der Waals surface area contributed by atoms with Crippen LogP contribution in [0, 0.1) is 5.92 Å². The van der Waals surface area contributed by atoms with Crippen LogP contribution in [0.3, 0.4) is 0 Å². The third-order valence-electron chi connectivity index (χ3n) is 4.35. The second-order valence-electron chi connectivity index (χ2n) is 7.52. The van der Waals surface area contributed by atoms with Crippen LogP contribution in [0.4, 0.5) is 0 Å². The van der Waals surface area contributed by atoms with Crippen molar-refractivity contribution in [2.75, 3.05) is 26.9 Å². The molecule has 0 radical (unpaired) electrons. The second kappa shape index (κ2) is 8.99. The van der Waals surface area contributed by atoms with Crippen LogP contribution < -0.4 is 14.8 Å². The molecule has 2 heterocycles. The van der Waals surface area contributed by atoms with Gasteiger partial charge in [-0.1, -0.05) is 12.1 Å². The van der Waals surface area contributed by atoms with Gasteiger partial charge in [0.25, 0.3) is 0 Å². The number of carbonyl (C=O) groups excluding carboxylic acids is 1. The fraction of sp³-hybridized carbons (Fsp3) is 0.579. The van der Waals surface area contributed by atoms with Gasteiger partial charge in [-0.3, -0.25) is 9.79 Å². The summed E-state index contributed by atoms with van der Waals surface area (Å²) in [5, 5.41) is 3.35. The molecule has 0 aliphatic carbocycles. The average Bonchev–Trinajstić information content (AvgIpc) is 3.23. The first-order valence-electron chi connectivity index (χ1n) is 8.93. The highest BCUT2D eigenvalue weighted by atomic mass is 127. The van der Waals surface area contributed by atoms with Crippen LogP contribution in [0.5, 0.6) is 11.5 Å². The van der Waals surface area contributed by atoms with Crippen molar-refractivity contribution in [2.24, 2.45) is 10.9 Å². The number of carbonyl (C=O) groups is 1. The fourth-order valence-electron chi connectivity index (χ4n) is 3.17. The molecular formula is C19H28IN3O4. The molecule has 7 nitrogen and oxygen atoms in total. The van der Waals surface area contributed by atoms with Crippen molar-refractivity contribution in [1.29, 1.82) is 0 Å². The molecule has 0 saturated carbocycles. The van der Waals surface area contributed by atoms with E-state index in [4.69, 9.17) is 14.2 Å². The fourth-order valence-corrected chi connectivity index (χ4v) is 3.17. The van der Waals surface area contributed by atoms with Gasteiger partial charge >= 0.3 is 5.97 Å². The molecule has 150 valence electrons. The van der Waals surface area contributed by atoms with Crippen LogP contribution in [0.25, 0.3) is 0 Å². The molecule has 0 amide bonds. The summed E-state index contributed by atoms with van der Waals surface area (Å²) in [5.74, 6) is 2.06. The Labute approximate surface area is 177 Å². The Balaban J connectivity index is 0.00000261. The monoisotopic (exact) mass is 489 g/mol. The molecule has 1 saturated heterocycles. The molecule has 2 aliphatic rings. The van der Waals surface area contributed by atoms with Crippen molar-refractivity contribution in [3.05, 3.63) is 23.8 Å². The Morgan fingerprint density at radius 2 is 2.15 bits per heavy atom. The van der Waals surface area contributed by atoms with Crippen molar-refractivity contribution in [3.8, 4) is 11.5 Å². The molecule has 1 aromatic carbocycles. The SMILES string of the molecule is CN=C(NCc1cccc2c1OCO2)N1CCC(C(=O)OC(C)(C)C)C1.I. The first kappa shape index (κ1) is 21.6. The molecule has 1 aromatic rings. The normalized spacial score (nSPS) is 18.9. The van der Waals surface area contributed by atoms with E-state index in [2.05, 4.69) is 15.2 Å². The zero-order chi connectivity index (χ0) is 18.7. The summed E-state index contributed by atoms with van der Waals surface area (Å²) in [4.78, 5) is 18.7. The van der Waals surface area contributed by atoms with Gasteiger partial charge in [0.05, 0.1) is 5.92 Å². The number of para-hydroxylation sites is 1. The van der Waals surface area contributed by atoms with Crippen LogP contribution >= 0.6 is 24.0 Å². The van der Waals surface area contributed by atoms with Crippen LogP contribution in [0.15, 0.2) is 23.2 Å². The summed E-state index contributed by atoms with van der Waals surface area (Å²) in [6.07, 6.45) is 0.771. The third kappa shape index (κ3) is 5.40. The lowest BCUT2D eigenvalue weighted by Gasteiger charge is -2.23. The van der Waals surface area contributed by atoms with Crippen molar-refractivity contribution < 1.29 is 19.0 Å². The van der Waals surface area contributed by atoms with Gasteiger partial charge in [0.15, 0.2) is 17.5 Å². The number of guanidine groups is 1. The summed E-state index contributed by atoms with van der Waals surface area (Å²) >= 11 is 0. The van der Waals surface area contributed by atoms with E-state index in [0.717, 1.165) is 36.0 Å². The van der Waals surface area contributed by atoms with Crippen LogP contribution in [0.1, 0.15) is 32.8 Å². The molecule has 27 heavy (non-hydrogen) atoms. The Kier molecular flexibility index (Phi) is 7.19. The highest BCUT2D eigenvalue weighted by Crippen LogP contribution is 2.35. The second-order valence-corrected chi connectivity index (χ2v) is 7.52. The number of halogens is 1. The van der Waals surface area contributed by atoms with Gasteiger partial charge < -0.3 is 24.4 Å². The van der Waals surface area contributed by atoms with Crippen molar-refractivity contribution in [2.45, 2.75) is 39.3 Å². The molecule has 0 aromatic heterocycles. The Morgan fingerprint density at radius 3 is 2.85 bits per heavy atom. The summed E-state index contributed by atoms with van der Waals surface area (Å²) < 4.78 is 16.5. The van der Waals surface area contributed by atoms with Gasteiger partial charge in [-0.2, -0.15) is 0 Å². The van der Waals surface area contributed by atoms with Crippen LogP contribution in [-0.2, 0) is 16.1 Å². The first-order valence-corrected chi connectivity index (χ1v) is 8.93. The lowest BCUT2D eigenvalue weighted by atomic mass is 10.1. The van der Waals surface area contributed by atoms with Crippen LogP contribution in [0.2, 0.25) is 0 Å². The number of rotatable bonds is 3. The van der Waals surface area contributed by atoms with E-state index in [0.29, 0.717) is 13.1 Å². The zero-order valence-corrected chi connectivity index (χ0v) is 18.6. The summed E-state index contributed by atoms with van der Waals surface area (Å²) in [7, 11) is 1.75. The molecule has 8 heteroatoms. The minimum absolute atomic E-state index is 0. The standard InChI is InChI=1S/C19H27N3O4.HI/c1-19(2,3)26-17(23)14-8-9-22(11-14)18(20-4)21-10-13-6-5-7-15-16(13)25-12-24-15;/h5-7,14H,8-12H2,1-4H3,(H,20,21);1H. The predicted molar refractivity (Wildman–Crippen MR) is 114 cm³/mol. The molecule has 0 spiro atoms. The number of hydrogen-bond acceptors (Lipinski definition) is 5. The van der Waals surface area contributed by atoms with Gasteiger partial charge in [0.1, 0.15) is 5.60 Å². The molecule has 1 fully saturated rings. The lowest BCUT2D eigenvalue weighted by molar-refractivity contribution is -0.159. The molecule has 3 rings (SSSR count). The summed E-state index contributed by atoms with van der Waals surface area (Å²) in [6.45, 7) is 7.89. The molecule has 0 bridgehead atoms. The van der Waals surface area contributed by atoms with Crippen molar-refractivity contribution >= 4 is 35.9 Å². The molecule has 1 atom stereocenters. The first-order chi connectivity index (χ1) is 12.4. The highest BCUT2D eigenvalue weighted by molar-refractivity contribution is 14.0. The van der Waals surface area contributed by atoms with E-state index in [1.54, 1.807) is 7.05 Å². The number of nitrogens with zero attached hydrogens (tertiary/aromatic N) is 2. The molecular weight excluding hydrogens is 461 g/mol. The minimum Gasteiger partial charge on any atom is -0.460 e. The number of esters is 1. The number of ether oxygens (including phenoxy) is 3. The van der Waals surface area contributed by atoms with E-state index >= 15 is 0 Å². The van der Waals surface area contributed by atoms with Gasteiger partial charge in [-0.15, -0.1) is 24.0 Å². The quantitative estimate of drug-likeness (QED) is 0.305.